The Balaban J connectivity index is 2.15. The van der Waals surface area contributed by atoms with Gasteiger partial charge in [0.05, 0.1) is 0 Å². The average molecular weight is 192 g/mol. The molecule has 0 aliphatic carbocycles. The van der Waals surface area contributed by atoms with Crippen molar-refractivity contribution in [3.8, 4) is 0 Å². The van der Waals surface area contributed by atoms with E-state index < -0.39 is 0 Å². The van der Waals surface area contributed by atoms with Gasteiger partial charge < -0.3 is 0 Å². The molecule has 1 aromatic heterocycles. The van der Waals surface area contributed by atoms with Crippen LogP contribution < -0.4 is 4.57 Å². The number of nitrogens with zero attached hydrogens (tertiary/aromatic N) is 1. The van der Waals surface area contributed by atoms with Gasteiger partial charge in [-0.3, -0.25) is 0 Å². The molecule has 0 N–H and O–H groups in total. The molecule has 0 fully saturated rings. The second-order valence-electron chi connectivity index (χ2n) is 4.04. The van der Waals surface area contributed by atoms with E-state index in [9.17, 15) is 0 Å². The number of aromatic nitrogens is 1. The monoisotopic (exact) mass is 192 g/mol. The molecule has 0 aliphatic rings. The van der Waals surface area contributed by atoms with E-state index in [1.165, 1.54) is 44.1 Å². The van der Waals surface area contributed by atoms with Crippen LogP contribution in [0.15, 0.2) is 24.5 Å². The summed E-state index contributed by atoms with van der Waals surface area (Å²) in [7, 11) is 2.06. The molecule has 1 rings (SSSR count). The third kappa shape index (κ3) is 4.40. The largest absolute Gasteiger partial charge is 0.208 e. The predicted molar refractivity (Wildman–Crippen MR) is 60.1 cm³/mol. The molecule has 0 unspecified atom stereocenters. The Morgan fingerprint density at radius 1 is 1.00 bits per heavy atom. The number of rotatable bonds is 6. The smallest absolute Gasteiger partial charge is 0.168 e. The van der Waals surface area contributed by atoms with Crippen molar-refractivity contribution in [2.75, 3.05) is 0 Å². The van der Waals surface area contributed by atoms with E-state index in [0.717, 1.165) is 0 Å². The zero-order valence-electron chi connectivity index (χ0n) is 9.50. The van der Waals surface area contributed by atoms with Gasteiger partial charge in [-0.1, -0.05) is 32.6 Å². The molecule has 0 atom stereocenters. The highest BCUT2D eigenvalue weighted by Crippen LogP contribution is 2.07. The molecular formula is C13H22N+. The molecule has 0 saturated heterocycles. The van der Waals surface area contributed by atoms with Gasteiger partial charge >= 0.3 is 0 Å². The lowest BCUT2D eigenvalue weighted by molar-refractivity contribution is -0.671. The molecule has 1 nitrogen and oxygen atoms in total. The molecular weight excluding hydrogens is 170 g/mol. The molecule has 0 bridgehead atoms. The van der Waals surface area contributed by atoms with E-state index in [-0.39, 0.29) is 0 Å². The van der Waals surface area contributed by atoms with Crippen LogP contribution in [0.1, 0.15) is 44.6 Å². The standard InChI is InChI=1S/C13H22N/c1-3-4-5-6-7-8-13-9-11-14(2)12-10-13/h9-12H,3-8H2,1-2H3/q+1. The Kier molecular flexibility index (Phi) is 5.28. The van der Waals surface area contributed by atoms with Crippen molar-refractivity contribution >= 4 is 0 Å². The second kappa shape index (κ2) is 6.58. The lowest BCUT2D eigenvalue weighted by atomic mass is 10.1. The average Bonchev–Trinajstić information content (AvgIpc) is 2.21. The van der Waals surface area contributed by atoms with Crippen molar-refractivity contribution in [3.63, 3.8) is 0 Å². The lowest BCUT2D eigenvalue weighted by Gasteiger charge is -2.00. The molecule has 0 amide bonds. The summed E-state index contributed by atoms with van der Waals surface area (Å²) >= 11 is 0. The predicted octanol–water partition coefficient (Wildman–Crippen LogP) is 3.02. The number of hydrogen-bond donors (Lipinski definition) is 0. The summed E-state index contributed by atoms with van der Waals surface area (Å²) in [4.78, 5) is 0. The minimum Gasteiger partial charge on any atom is -0.208 e. The fraction of sp³-hybridized carbons (Fsp3) is 0.615. The van der Waals surface area contributed by atoms with Gasteiger partial charge in [0, 0.05) is 12.1 Å². The van der Waals surface area contributed by atoms with Crippen LogP contribution in [0.2, 0.25) is 0 Å². The van der Waals surface area contributed by atoms with Gasteiger partial charge in [0.1, 0.15) is 7.05 Å². The topological polar surface area (TPSA) is 3.88 Å². The van der Waals surface area contributed by atoms with Gasteiger partial charge in [-0.2, -0.15) is 0 Å². The van der Waals surface area contributed by atoms with Crippen molar-refractivity contribution < 1.29 is 4.57 Å². The fourth-order valence-electron chi connectivity index (χ4n) is 1.63. The van der Waals surface area contributed by atoms with Gasteiger partial charge in [0.15, 0.2) is 12.4 Å². The van der Waals surface area contributed by atoms with Gasteiger partial charge in [0.25, 0.3) is 0 Å². The third-order valence-electron chi connectivity index (χ3n) is 2.62. The highest BCUT2D eigenvalue weighted by molar-refractivity contribution is 5.06. The first kappa shape index (κ1) is 11.2. The Morgan fingerprint density at radius 3 is 2.29 bits per heavy atom. The van der Waals surface area contributed by atoms with Crippen LogP contribution in [-0.2, 0) is 13.5 Å². The van der Waals surface area contributed by atoms with E-state index in [1.54, 1.807) is 0 Å². The zero-order valence-corrected chi connectivity index (χ0v) is 9.50. The molecule has 1 heterocycles. The van der Waals surface area contributed by atoms with Crippen LogP contribution in [0.3, 0.4) is 0 Å². The summed E-state index contributed by atoms with van der Waals surface area (Å²) in [6.07, 6.45) is 12.3. The van der Waals surface area contributed by atoms with E-state index in [2.05, 4.69) is 43.1 Å². The molecule has 14 heavy (non-hydrogen) atoms. The Labute approximate surface area is 87.8 Å². The van der Waals surface area contributed by atoms with Crippen LogP contribution in [0, 0.1) is 0 Å². The molecule has 0 saturated carbocycles. The van der Waals surface area contributed by atoms with Crippen molar-refractivity contribution in [2.24, 2.45) is 7.05 Å². The summed E-state index contributed by atoms with van der Waals surface area (Å²) < 4.78 is 2.08. The van der Waals surface area contributed by atoms with Crippen molar-refractivity contribution in [1.82, 2.24) is 0 Å². The SMILES string of the molecule is CCCCCCCc1cc[n+](C)cc1. The van der Waals surface area contributed by atoms with Crippen molar-refractivity contribution in [2.45, 2.75) is 45.4 Å². The molecule has 0 radical (unpaired) electrons. The quantitative estimate of drug-likeness (QED) is 0.482. The maximum Gasteiger partial charge on any atom is 0.168 e. The van der Waals surface area contributed by atoms with E-state index in [0.29, 0.717) is 0 Å². The maximum atomic E-state index is 2.26. The summed E-state index contributed by atoms with van der Waals surface area (Å²) in [6, 6.07) is 4.44. The molecule has 0 aliphatic heterocycles. The first-order valence-corrected chi connectivity index (χ1v) is 5.77. The molecule has 1 heteroatoms. The van der Waals surface area contributed by atoms with E-state index >= 15 is 0 Å². The van der Waals surface area contributed by atoms with Crippen molar-refractivity contribution in [3.05, 3.63) is 30.1 Å². The summed E-state index contributed by atoms with van der Waals surface area (Å²) in [5.74, 6) is 0. The number of unbranched alkanes of at least 4 members (excludes halogenated alkanes) is 4. The van der Waals surface area contributed by atoms with Gasteiger partial charge in [-0.05, 0) is 18.4 Å². The number of pyridine rings is 1. The second-order valence-corrected chi connectivity index (χ2v) is 4.04. The lowest BCUT2D eigenvalue weighted by Crippen LogP contribution is -2.25. The Morgan fingerprint density at radius 2 is 1.64 bits per heavy atom. The third-order valence-corrected chi connectivity index (χ3v) is 2.62. The summed E-state index contributed by atoms with van der Waals surface area (Å²) in [6.45, 7) is 2.26. The minimum atomic E-state index is 1.24. The zero-order chi connectivity index (χ0) is 10.2. The Bertz CT molecular complexity index is 238. The van der Waals surface area contributed by atoms with E-state index in [4.69, 9.17) is 0 Å². The van der Waals surface area contributed by atoms with Crippen LogP contribution in [0.5, 0.6) is 0 Å². The Hall–Kier alpha value is -0.850. The number of aryl methyl sites for hydroxylation is 2. The summed E-state index contributed by atoms with van der Waals surface area (Å²) in [5, 5.41) is 0. The minimum absolute atomic E-state index is 1.24. The normalized spacial score (nSPS) is 10.4. The van der Waals surface area contributed by atoms with E-state index in [1.807, 2.05) is 0 Å². The molecule has 0 spiro atoms. The van der Waals surface area contributed by atoms with Crippen LogP contribution >= 0.6 is 0 Å². The van der Waals surface area contributed by atoms with Gasteiger partial charge in [-0.25, -0.2) is 4.57 Å². The van der Waals surface area contributed by atoms with Gasteiger partial charge in [-0.15, -0.1) is 0 Å². The highest BCUT2D eigenvalue weighted by Gasteiger charge is 1.95. The van der Waals surface area contributed by atoms with Crippen molar-refractivity contribution in [1.29, 1.82) is 0 Å². The van der Waals surface area contributed by atoms with Gasteiger partial charge in [0.2, 0.25) is 0 Å². The first-order valence-electron chi connectivity index (χ1n) is 5.77. The maximum absolute atomic E-state index is 2.26. The number of hydrogen-bond acceptors (Lipinski definition) is 0. The molecule has 78 valence electrons. The molecule has 1 aromatic rings. The van der Waals surface area contributed by atoms with Crippen LogP contribution in [0.4, 0.5) is 0 Å². The van der Waals surface area contributed by atoms with Crippen LogP contribution in [0.25, 0.3) is 0 Å². The fourth-order valence-corrected chi connectivity index (χ4v) is 1.63. The summed E-state index contributed by atoms with van der Waals surface area (Å²) in [5.41, 5.74) is 1.47. The highest BCUT2D eigenvalue weighted by atomic mass is 14.9. The first-order chi connectivity index (χ1) is 6.83. The van der Waals surface area contributed by atoms with Crippen LogP contribution in [-0.4, -0.2) is 0 Å². The molecule has 0 aromatic carbocycles.